The van der Waals surface area contributed by atoms with E-state index in [4.69, 9.17) is 23.2 Å². The van der Waals surface area contributed by atoms with Crippen molar-refractivity contribution in [1.29, 1.82) is 0 Å². The Hall–Kier alpha value is -3.27. The van der Waals surface area contributed by atoms with Crippen LogP contribution in [0.25, 0.3) is 11.1 Å². The van der Waals surface area contributed by atoms with E-state index in [0.29, 0.717) is 21.2 Å². The summed E-state index contributed by atoms with van der Waals surface area (Å²) in [4.78, 5) is 12.9. The van der Waals surface area contributed by atoms with Crippen molar-refractivity contribution in [3.05, 3.63) is 106 Å². The maximum Gasteiger partial charge on any atom is 0.194 e. The predicted molar refractivity (Wildman–Crippen MR) is 125 cm³/mol. The van der Waals surface area contributed by atoms with Crippen LogP contribution in [0.1, 0.15) is 15.9 Å². The smallest absolute Gasteiger partial charge is 0.194 e. The molecule has 5 rings (SSSR count). The van der Waals surface area contributed by atoms with Crippen molar-refractivity contribution in [1.82, 2.24) is 0 Å². The lowest BCUT2D eigenvalue weighted by Gasteiger charge is -2.11. The Labute approximate surface area is 184 Å². The Morgan fingerprint density at radius 3 is 1.40 bits per heavy atom. The van der Waals surface area contributed by atoms with Gasteiger partial charge in [0, 0.05) is 22.5 Å². The summed E-state index contributed by atoms with van der Waals surface area (Å²) in [5.41, 5.74) is 6.56. The van der Waals surface area contributed by atoms with Gasteiger partial charge in [-0.1, -0.05) is 47.5 Å². The molecule has 0 fully saturated rings. The highest BCUT2D eigenvalue weighted by Gasteiger charge is 2.27. The fourth-order valence-corrected chi connectivity index (χ4v) is 4.03. The maximum absolute atomic E-state index is 12.9. The van der Waals surface area contributed by atoms with Gasteiger partial charge in [0.2, 0.25) is 0 Å². The monoisotopic (exact) mass is 430 g/mol. The number of ketones is 1. The summed E-state index contributed by atoms with van der Waals surface area (Å²) in [7, 11) is 0. The molecule has 0 unspecified atom stereocenters. The SMILES string of the molecule is O=C1c2ccc(Nc3ccccc3Cl)cc2-c2cc(Nc3ccccc3Cl)ccc21. The van der Waals surface area contributed by atoms with Crippen molar-refractivity contribution in [2.75, 3.05) is 10.6 Å². The molecule has 0 aliphatic heterocycles. The van der Waals surface area contributed by atoms with Crippen LogP contribution in [0.15, 0.2) is 84.9 Å². The topological polar surface area (TPSA) is 41.1 Å². The first-order chi connectivity index (χ1) is 14.6. The molecule has 0 saturated heterocycles. The van der Waals surface area contributed by atoms with E-state index in [1.165, 1.54) is 0 Å². The number of hydrogen-bond donors (Lipinski definition) is 2. The molecule has 0 aromatic heterocycles. The number of fused-ring (bicyclic) bond motifs is 3. The zero-order valence-electron chi connectivity index (χ0n) is 15.7. The minimum atomic E-state index is 0.0357. The quantitative estimate of drug-likeness (QED) is 0.306. The summed E-state index contributed by atoms with van der Waals surface area (Å²) >= 11 is 12.5. The second kappa shape index (κ2) is 7.52. The van der Waals surface area contributed by atoms with E-state index < -0.39 is 0 Å². The third kappa shape index (κ3) is 3.32. The van der Waals surface area contributed by atoms with Gasteiger partial charge in [-0.05, 0) is 71.8 Å². The van der Waals surface area contributed by atoms with Crippen molar-refractivity contribution < 1.29 is 4.79 Å². The molecule has 4 aromatic rings. The van der Waals surface area contributed by atoms with Crippen LogP contribution in [0.2, 0.25) is 10.0 Å². The number of halogens is 2. The van der Waals surface area contributed by atoms with E-state index in [-0.39, 0.29) is 5.78 Å². The van der Waals surface area contributed by atoms with Gasteiger partial charge in [0.1, 0.15) is 0 Å². The van der Waals surface area contributed by atoms with Crippen LogP contribution in [0, 0.1) is 0 Å². The number of para-hydroxylation sites is 2. The minimum Gasteiger partial charge on any atom is -0.354 e. The van der Waals surface area contributed by atoms with Gasteiger partial charge < -0.3 is 10.6 Å². The lowest BCUT2D eigenvalue weighted by Crippen LogP contribution is -1.96. The molecule has 0 spiro atoms. The summed E-state index contributed by atoms with van der Waals surface area (Å²) in [5, 5.41) is 7.95. The molecule has 5 heteroatoms. The van der Waals surface area contributed by atoms with Crippen LogP contribution < -0.4 is 10.6 Å². The maximum atomic E-state index is 12.9. The Morgan fingerprint density at radius 2 is 0.967 bits per heavy atom. The molecule has 1 aliphatic rings. The van der Waals surface area contributed by atoms with E-state index in [9.17, 15) is 4.79 Å². The van der Waals surface area contributed by atoms with Gasteiger partial charge in [-0.3, -0.25) is 4.79 Å². The third-order valence-electron chi connectivity index (χ3n) is 5.12. The van der Waals surface area contributed by atoms with Crippen molar-refractivity contribution in [3.8, 4) is 11.1 Å². The van der Waals surface area contributed by atoms with Crippen molar-refractivity contribution in [2.24, 2.45) is 0 Å². The zero-order valence-corrected chi connectivity index (χ0v) is 17.3. The first-order valence-electron chi connectivity index (χ1n) is 9.46. The van der Waals surface area contributed by atoms with Crippen LogP contribution in [-0.2, 0) is 0 Å². The molecule has 4 aromatic carbocycles. The Bertz CT molecular complexity index is 1200. The molecule has 0 radical (unpaired) electrons. The molecule has 30 heavy (non-hydrogen) atoms. The minimum absolute atomic E-state index is 0.0357. The molecule has 2 N–H and O–H groups in total. The van der Waals surface area contributed by atoms with E-state index in [2.05, 4.69) is 10.6 Å². The van der Waals surface area contributed by atoms with Crippen molar-refractivity contribution in [3.63, 3.8) is 0 Å². The fourth-order valence-electron chi connectivity index (χ4n) is 3.67. The molecule has 1 aliphatic carbocycles. The molecule has 0 atom stereocenters. The first-order valence-corrected chi connectivity index (χ1v) is 10.2. The summed E-state index contributed by atoms with van der Waals surface area (Å²) in [6, 6.07) is 26.6. The standard InChI is InChI=1S/C25H16Cl2N2O/c26-21-5-1-3-7-23(21)28-15-9-11-17-19(13-15)20-14-16(10-12-18(20)25(17)30)29-24-8-4-2-6-22(24)27/h1-14,28-29H. The number of carbonyl (C=O) groups is 1. The number of anilines is 4. The highest BCUT2D eigenvalue weighted by molar-refractivity contribution is 6.33. The van der Waals surface area contributed by atoms with Gasteiger partial charge in [0.15, 0.2) is 5.78 Å². The summed E-state index contributed by atoms with van der Waals surface area (Å²) in [6.45, 7) is 0. The predicted octanol–water partition coefficient (Wildman–Crippen LogP) is 7.69. The van der Waals surface area contributed by atoms with Gasteiger partial charge in [-0.25, -0.2) is 0 Å². The summed E-state index contributed by atoms with van der Waals surface area (Å²) in [6.07, 6.45) is 0. The number of nitrogens with one attached hydrogen (secondary N) is 2. The number of carbonyl (C=O) groups excluding carboxylic acids is 1. The van der Waals surface area contributed by atoms with E-state index in [0.717, 1.165) is 33.9 Å². The Balaban J connectivity index is 1.52. The van der Waals surface area contributed by atoms with Gasteiger partial charge in [0.05, 0.1) is 21.4 Å². The first kappa shape index (κ1) is 18.7. The van der Waals surface area contributed by atoms with Crippen LogP contribution >= 0.6 is 23.2 Å². The number of benzene rings is 4. The van der Waals surface area contributed by atoms with Gasteiger partial charge in [0.25, 0.3) is 0 Å². The molecule has 0 heterocycles. The lowest BCUT2D eigenvalue weighted by molar-refractivity contribution is 0.104. The second-order valence-corrected chi connectivity index (χ2v) is 7.87. The highest BCUT2D eigenvalue weighted by atomic mass is 35.5. The normalized spacial score (nSPS) is 11.7. The van der Waals surface area contributed by atoms with Crippen molar-refractivity contribution >= 4 is 51.7 Å². The largest absolute Gasteiger partial charge is 0.354 e. The highest BCUT2D eigenvalue weighted by Crippen LogP contribution is 2.41. The van der Waals surface area contributed by atoms with Crippen LogP contribution in [0.3, 0.4) is 0 Å². The van der Waals surface area contributed by atoms with E-state index in [1.807, 2.05) is 84.9 Å². The average molecular weight is 431 g/mol. The van der Waals surface area contributed by atoms with Crippen LogP contribution in [-0.4, -0.2) is 5.78 Å². The third-order valence-corrected chi connectivity index (χ3v) is 5.78. The Morgan fingerprint density at radius 1 is 0.533 bits per heavy atom. The molecule has 0 bridgehead atoms. The molecule has 0 saturated carbocycles. The van der Waals surface area contributed by atoms with Gasteiger partial charge in [-0.15, -0.1) is 0 Å². The average Bonchev–Trinajstić information content (AvgIpc) is 3.03. The molecular weight excluding hydrogens is 415 g/mol. The molecule has 0 amide bonds. The van der Waals surface area contributed by atoms with Gasteiger partial charge >= 0.3 is 0 Å². The summed E-state index contributed by atoms with van der Waals surface area (Å²) in [5.74, 6) is 0.0357. The van der Waals surface area contributed by atoms with Crippen LogP contribution in [0.5, 0.6) is 0 Å². The number of hydrogen-bond acceptors (Lipinski definition) is 3. The lowest BCUT2D eigenvalue weighted by atomic mass is 10.0. The Kier molecular flexibility index (Phi) is 4.70. The number of rotatable bonds is 4. The molecule has 146 valence electrons. The molecule has 3 nitrogen and oxygen atoms in total. The fraction of sp³-hybridized carbons (Fsp3) is 0. The van der Waals surface area contributed by atoms with Crippen LogP contribution in [0.4, 0.5) is 22.7 Å². The van der Waals surface area contributed by atoms with Crippen molar-refractivity contribution in [2.45, 2.75) is 0 Å². The van der Waals surface area contributed by atoms with Gasteiger partial charge in [-0.2, -0.15) is 0 Å². The molecular formula is C25H16Cl2N2O. The van der Waals surface area contributed by atoms with E-state index in [1.54, 1.807) is 0 Å². The summed E-state index contributed by atoms with van der Waals surface area (Å²) < 4.78 is 0. The second-order valence-electron chi connectivity index (χ2n) is 7.06. The van der Waals surface area contributed by atoms with E-state index >= 15 is 0 Å². The zero-order chi connectivity index (χ0) is 20.7.